The van der Waals surface area contributed by atoms with Crippen molar-refractivity contribution in [3.63, 3.8) is 0 Å². The quantitative estimate of drug-likeness (QED) is 0.307. The van der Waals surface area contributed by atoms with Crippen LogP contribution in [0.15, 0.2) is 72.8 Å². The lowest BCUT2D eigenvalue weighted by atomic mass is 10.2. The van der Waals surface area contributed by atoms with Crippen molar-refractivity contribution in [3.05, 3.63) is 78.4 Å². The van der Waals surface area contributed by atoms with Gasteiger partial charge in [-0.15, -0.1) is 0 Å². The molecule has 3 heteroatoms. The topological polar surface area (TPSA) is 27.1 Å². The highest BCUT2D eigenvalue weighted by atomic mass is 16.5. The van der Waals surface area contributed by atoms with E-state index in [2.05, 4.69) is 79.1 Å². The number of benzene rings is 3. The maximum Gasteiger partial charge on any atom is 0.145 e. The van der Waals surface area contributed by atoms with Crippen molar-refractivity contribution in [3.8, 4) is 22.8 Å². The molecular weight excluding hydrogens is 356 g/mol. The highest BCUT2D eigenvalue weighted by Crippen LogP contribution is 2.31. The van der Waals surface area contributed by atoms with E-state index in [1.807, 2.05) is 12.1 Å². The maximum atomic E-state index is 6.05. The van der Waals surface area contributed by atoms with E-state index in [1.54, 1.807) is 0 Å². The van der Waals surface area contributed by atoms with Crippen LogP contribution in [0.25, 0.3) is 28.1 Å². The fourth-order valence-electron chi connectivity index (χ4n) is 3.67. The van der Waals surface area contributed by atoms with Gasteiger partial charge in [-0.1, -0.05) is 68.7 Å². The van der Waals surface area contributed by atoms with Crippen LogP contribution in [-0.4, -0.2) is 16.2 Å². The standard InChI is InChI=1S/C26H28N2O/c1-3-4-5-9-17-29-23-15-16-24-25(19-23)28(22-14-10-11-20(2)18-22)26(27-24)21-12-7-6-8-13-21/h6-8,10-16,18-19H,3-5,9,17H2,1-2H3. The largest absolute Gasteiger partial charge is 0.494 e. The van der Waals surface area contributed by atoms with Crippen molar-refractivity contribution in [2.24, 2.45) is 0 Å². The van der Waals surface area contributed by atoms with Crippen LogP contribution in [0.3, 0.4) is 0 Å². The molecule has 0 spiro atoms. The lowest BCUT2D eigenvalue weighted by Crippen LogP contribution is -1.99. The number of unbranched alkanes of at least 4 members (excludes halogenated alkanes) is 3. The summed E-state index contributed by atoms with van der Waals surface area (Å²) < 4.78 is 8.29. The second-order valence-corrected chi connectivity index (χ2v) is 7.54. The number of fused-ring (bicyclic) bond motifs is 1. The highest BCUT2D eigenvalue weighted by Gasteiger charge is 2.15. The summed E-state index contributed by atoms with van der Waals surface area (Å²) in [4.78, 5) is 4.96. The zero-order valence-electron chi connectivity index (χ0n) is 17.3. The minimum absolute atomic E-state index is 0.760. The van der Waals surface area contributed by atoms with Crippen molar-refractivity contribution in [1.82, 2.24) is 9.55 Å². The average Bonchev–Trinajstić information content (AvgIpc) is 3.13. The molecule has 0 aliphatic carbocycles. The molecule has 0 amide bonds. The minimum atomic E-state index is 0.760. The number of aryl methyl sites for hydroxylation is 1. The number of hydrogen-bond donors (Lipinski definition) is 0. The van der Waals surface area contributed by atoms with Crippen molar-refractivity contribution < 1.29 is 4.74 Å². The Morgan fingerprint density at radius 3 is 2.52 bits per heavy atom. The molecule has 0 radical (unpaired) electrons. The highest BCUT2D eigenvalue weighted by molar-refractivity contribution is 5.84. The lowest BCUT2D eigenvalue weighted by Gasteiger charge is -2.11. The van der Waals surface area contributed by atoms with Crippen LogP contribution in [0.5, 0.6) is 5.75 Å². The van der Waals surface area contributed by atoms with E-state index in [4.69, 9.17) is 9.72 Å². The first-order valence-electron chi connectivity index (χ1n) is 10.5. The van der Waals surface area contributed by atoms with Crippen LogP contribution in [0, 0.1) is 6.92 Å². The van der Waals surface area contributed by atoms with Gasteiger partial charge in [0.15, 0.2) is 0 Å². The van der Waals surface area contributed by atoms with Gasteiger partial charge in [-0.25, -0.2) is 4.98 Å². The minimum Gasteiger partial charge on any atom is -0.494 e. The first-order valence-corrected chi connectivity index (χ1v) is 10.5. The molecule has 148 valence electrons. The predicted molar refractivity (Wildman–Crippen MR) is 121 cm³/mol. The van der Waals surface area contributed by atoms with Crippen LogP contribution >= 0.6 is 0 Å². The Labute approximate surface area is 173 Å². The van der Waals surface area contributed by atoms with E-state index in [1.165, 1.54) is 24.8 Å². The number of hydrogen-bond acceptors (Lipinski definition) is 2. The van der Waals surface area contributed by atoms with Gasteiger partial charge in [0.05, 0.1) is 17.6 Å². The molecule has 0 bridgehead atoms. The van der Waals surface area contributed by atoms with Crippen molar-refractivity contribution in [1.29, 1.82) is 0 Å². The Morgan fingerprint density at radius 1 is 0.862 bits per heavy atom. The van der Waals surface area contributed by atoms with Crippen molar-refractivity contribution >= 4 is 11.0 Å². The second-order valence-electron chi connectivity index (χ2n) is 7.54. The summed E-state index contributed by atoms with van der Waals surface area (Å²) in [5.41, 5.74) is 5.49. The third-order valence-corrected chi connectivity index (χ3v) is 5.18. The van der Waals surface area contributed by atoms with Gasteiger partial charge in [-0.05, 0) is 43.2 Å². The molecule has 0 unspecified atom stereocenters. The molecule has 3 aromatic carbocycles. The van der Waals surface area contributed by atoms with Crippen molar-refractivity contribution in [2.45, 2.75) is 39.5 Å². The molecule has 1 heterocycles. The first-order chi connectivity index (χ1) is 14.3. The third-order valence-electron chi connectivity index (χ3n) is 5.18. The summed E-state index contributed by atoms with van der Waals surface area (Å²) >= 11 is 0. The molecule has 3 nitrogen and oxygen atoms in total. The van der Waals surface area contributed by atoms with Gasteiger partial charge in [0.2, 0.25) is 0 Å². The molecule has 1 aromatic heterocycles. The Morgan fingerprint density at radius 2 is 1.72 bits per heavy atom. The number of ether oxygens (including phenoxy) is 1. The Hall–Kier alpha value is -3.07. The van der Waals surface area contributed by atoms with Crippen LogP contribution in [0.4, 0.5) is 0 Å². The molecule has 0 aliphatic rings. The maximum absolute atomic E-state index is 6.05. The predicted octanol–water partition coefficient (Wildman–Crippen LogP) is 6.96. The monoisotopic (exact) mass is 384 g/mol. The van der Waals surface area contributed by atoms with E-state index in [0.717, 1.165) is 46.9 Å². The molecule has 0 saturated carbocycles. The van der Waals surface area contributed by atoms with Gasteiger partial charge in [0.1, 0.15) is 11.6 Å². The van der Waals surface area contributed by atoms with Gasteiger partial charge >= 0.3 is 0 Å². The van der Waals surface area contributed by atoms with E-state index >= 15 is 0 Å². The average molecular weight is 385 g/mol. The Bertz CT molecular complexity index is 1080. The number of imidazole rings is 1. The third kappa shape index (κ3) is 4.34. The fourth-order valence-corrected chi connectivity index (χ4v) is 3.67. The smallest absolute Gasteiger partial charge is 0.145 e. The SMILES string of the molecule is CCCCCCOc1ccc2nc(-c3ccccc3)n(-c3cccc(C)c3)c2c1. The summed E-state index contributed by atoms with van der Waals surface area (Å²) in [7, 11) is 0. The summed E-state index contributed by atoms with van der Waals surface area (Å²) in [5, 5.41) is 0. The zero-order chi connectivity index (χ0) is 20.1. The molecule has 0 atom stereocenters. The first kappa shape index (κ1) is 19.3. The Kier molecular flexibility index (Phi) is 5.95. The summed E-state index contributed by atoms with van der Waals surface area (Å²) in [5.74, 6) is 1.86. The number of rotatable bonds is 8. The normalized spacial score (nSPS) is 11.1. The molecular formula is C26H28N2O. The van der Waals surface area contributed by atoms with Crippen LogP contribution in [0.1, 0.15) is 38.2 Å². The van der Waals surface area contributed by atoms with Crippen LogP contribution in [-0.2, 0) is 0 Å². The summed E-state index contributed by atoms with van der Waals surface area (Å²) in [6.45, 7) is 5.11. The molecule has 0 fully saturated rings. The molecule has 4 aromatic rings. The van der Waals surface area contributed by atoms with Gasteiger partial charge < -0.3 is 4.74 Å². The number of nitrogens with zero attached hydrogens (tertiary/aromatic N) is 2. The summed E-state index contributed by atoms with van der Waals surface area (Å²) in [6.07, 6.45) is 4.82. The van der Waals surface area contributed by atoms with Gasteiger partial charge in [0, 0.05) is 17.3 Å². The molecule has 29 heavy (non-hydrogen) atoms. The second kappa shape index (κ2) is 8.95. The van der Waals surface area contributed by atoms with E-state index < -0.39 is 0 Å². The van der Waals surface area contributed by atoms with Crippen LogP contribution < -0.4 is 4.74 Å². The molecule has 0 aliphatic heterocycles. The van der Waals surface area contributed by atoms with Gasteiger partial charge in [-0.2, -0.15) is 0 Å². The Balaban J connectivity index is 1.76. The fraction of sp³-hybridized carbons (Fsp3) is 0.269. The lowest BCUT2D eigenvalue weighted by molar-refractivity contribution is 0.305. The van der Waals surface area contributed by atoms with Crippen molar-refractivity contribution in [2.75, 3.05) is 6.61 Å². The number of aromatic nitrogens is 2. The van der Waals surface area contributed by atoms with Crippen LogP contribution in [0.2, 0.25) is 0 Å². The zero-order valence-corrected chi connectivity index (χ0v) is 17.3. The molecule has 0 N–H and O–H groups in total. The summed E-state index contributed by atoms with van der Waals surface area (Å²) in [6, 6.07) is 25.1. The van der Waals surface area contributed by atoms with E-state index in [-0.39, 0.29) is 0 Å². The van der Waals surface area contributed by atoms with Gasteiger partial charge in [0.25, 0.3) is 0 Å². The van der Waals surface area contributed by atoms with E-state index in [9.17, 15) is 0 Å². The van der Waals surface area contributed by atoms with Gasteiger partial charge in [-0.3, -0.25) is 4.57 Å². The van der Waals surface area contributed by atoms with E-state index in [0.29, 0.717) is 0 Å². The molecule has 0 saturated heterocycles. The molecule has 4 rings (SSSR count).